The standard InChI is InChI=1S/C18H19N3O3S2/c1-24-16-5-2-4-14(12-16)9-10-19-15-7-8-17(20-13-15)21-26(22,23)18-6-3-11-25-18/h2-8,11-13,19H,9-10H2,1H3,(H,20,21). The number of rotatable bonds is 8. The zero-order chi connectivity index (χ0) is 18.4. The quantitative estimate of drug-likeness (QED) is 0.615. The molecule has 0 aliphatic rings. The number of thiophene rings is 1. The van der Waals surface area contributed by atoms with Crippen molar-refractivity contribution in [1.82, 2.24) is 4.98 Å². The normalized spacial score (nSPS) is 11.1. The van der Waals surface area contributed by atoms with Gasteiger partial charge in [-0.25, -0.2) is 13.4 Å². The van der Waals surface area contributed by atoms with Crippen LogP contribution in [0.5, 0.6) is 5.75 Å². The Hall–Kier alpha value is -2.58. The molecule has 0 saturated heterocycles. The van der Waals surface area contributed by atoms with Gasteiger partial charge in [0, 0.05) is 6.54 Å². The lowest BCUT2D eigenvalue weighted by Crippen LogP contribution is -2.12. The van der Waals surface area contributed by atoms with Crippen molar-refractivity contribution >= 4 is 32.9 Å². The summed E-state index contributed by atoms with van der Waals surface area (Å²) >= 11 is 1.16. The van der Waals surface area contributed by atoms with E-state index in [1.54, 1.807) is 43.0 Å². The molecule has 136 valence electrons. The molecule has 0 amide bonds. The minimum atomic E-state index is -3.57. The highest BCUT2D eigenvalue weighted by Gasteiger charge is 2.15. The first kappa shape index (κ1) is 18.2. The van der Waals surface area contributed by atoms with Gasteiger partial charge < -0.3 is 10.1 Å². The van der Waals surface area contributed by atoms with Gasteiger partial charge in [-0.05, 0) is 47.7 Å². The van der Waals surface area contributed by atoms with Gasteiger partial charge in [0.05, 0.1) is 19.0 Å². The number of methoxy groups -OCH3 is 1. The molecular formula is C18H19N3O3S2. The maximum atomic E-state index is 12.2. The van der Waals surface area contributed by atoms with Crippen molar-refractivity contribution in [3.05, 3.63) is 65.7 Å². The molecule has 3 aromatic rings. The zero-order valence-electron chi connectivity index (χ0n) is 14.2. The number of hydrogen-bond donors (Lipinski definition) is 2. The highest BCUT2D eigenvalue weighted by atomic mass is 32.2. The van der Waals surface area contributed by atoms with E-state index in [9.17, 15) is 8.42 Å². The summed E-state index contributed by atoms with van der Waals surface area (Å²) < 4.78 is 32.3. The topological polar surface area (TPSA) is 80.3 Å². The molecular weight excluding hydrogens is 370 g/mol. The summed E-state index contributed by atoms with van der Waals surface area (Å²) in [5, 5.41) is 4.99. The van der Waals surface area contributed by atoms with Crippen molar-refractivity contribution in [3.8, 4) is 5.75 Å². The van der Waals surface area contributed by atoms with Crippen LogP contribution in [-0.4, -0.2) is 27.1 Å². The zero-order valence-corrected chi connectivity index (χ0v) is 15.8. The van der Waals surface area contributed by atoms with E-state index in [2.05, 4.69) is 15.0 Å². The van der Waals surface area contributed by atoms with Crippen LogP contribution in [0.25, 0.3) is 0 Å². The van der Waals surface area contributed by atoms with Gasteiger partial charge in [0.25, 0.3) is 10.0 Å². The molecule has 0 bridgehead atoms. The molecule has 0 spiro atoms. The number of benzene rings is 1. The van der Waals surface area contributed by atoms with Crippen LogP contribution in [0.3, 0.4) is 0 Å². The van der Waals surface area contributed by atoms with Crippen molar-refractivity contribution < 1.29 is 13.2 Å². The first-order valence-electron chi connectivity index (χ1n) is 7.96. The molecule has 26 heavy (non-hydrogen) atoms. The van der Waals surface area contributed by atoms with Gasteiger partial charge in [-0.2, -0.15) is 0 Å². The molecule has 3 rings (SSSR count). The SMILES string of the molecule is COc1cccc(CCNc2ccc(NS(=O)(=O)c3cccs3)nc2)c1. The second kappa shape index (κ2) is 8.20. The van der Waals surface area contributed by atoms with Crippen LogP contribution in [0.15, 0.2) is 64.3 Å². The molecule has 0 aliphatic heterocycles. The number of pyridine rings is 1. The van der Waals surface area contributed by atoms with E-state index in [0.29, 0.717) is 0 Å². The molecule has 8 heteroatoms. The molecule has 0 aliphatic carbocycles. The number of anilines is 2. The molecule has 0 atom stereocenters. The van der Waals surface area contributed by atoms with Crippen LogP contribution >= 0.6 is 11.3 Å². The van der Waals surface area contributed by atoms with E-state index in [4.69, 9.17) is 4.74 Å². The molecule has 2 heterocycles. The maximum absolute atomic E-state index is 12.2. The van der Waals surface area contributed by atoms with Crippen molar-refractivity contribution in [2.75, 3.05) is 23.7 Å². The Balaban J connectivity index is 1.54. The van der Waals surface area contributed by atoms with E-state index in [-0.39, 0.29) is 10.0 Å². The highest BCUT2D eigenvalue weighted by Crippen LogP contribution is 2.20. The lowest BCUT2D eigenvalue weighted by atomic mass is 10.1. The lowest BCUT2D eigenvalue weighted by molar-refractivity contribution is 0.414. The fourth-order valence-corrected chi connectivity index (χ4v) is 4.34. The fraction of sp³-hybridized carbons (Fsp3) is 0.167. The number of nitrogens with zero attached hydrogens (tertiary/aromatic N) is 1. The minimum Gasteiger partial charge on any atom is -0.497 e. The summed E-state index contributed by atoms with van der Waals surface area (Å²) in [6.07, 6.45) is 2.45. The number of hydrogen-bond acceptors (Lipinski definition) is 6. The van der Waals surface area contributed by atoms with Crippen molar-refractivity contribution in [2.45, 2.75) is 10.6 Å². The molecule has 0 radical (unpaired) electrons. The average molecular weight is 390 g/mol. The van der Waals surface area contributed by atoms with Crippen LogP contribution in [0.2, 0.25) is 0 Å². The molecule has 6 nitrogen and oxygen atoms in total. The van der Waals surface area contributed by atoms with Crippen molar-refractivity contribution in [1.29, 1.82) is 0 Å². The van der Waals surface area contributed by atoms with Gasteiger partial charge in [-0.1, -0.05) is 18.2 Å². The van der Waals surface area contributed by atoms with E-state index in [0.717, 1.165) is 35.7 Å². The van der Waals surface area contributed by atoms with Gasteiger partial charge in [0.2, 0.25) is 0 Å². The molecule has 1 aromatic carbocycles. The Labute approximate surface area is 156 Å². The molecule has 2 N–H and O–H groups in total. The summed E-state index contributed by atoms with van der Waals surface area (Å²) in [5.41, 5.74) is 2.00. The first-order valence-corrected chi connectivity index (χ1v) is 10.3. The monoisotopic (exact) mass is 389 g/mol. The van der Waals surface area contributed by atoms with E-state index < -0.39 is 10.0 Å². The average Bonchev–Trinajstić information content (AvgIpc) is 3.19. The second-order valence-corrected chi connectivity index (χ2v) is 8.35. The van der Waals surface area contributed by atoms with Crippen LogP contribution in [0, 0.1) is 0 Å². The fourth-order valence-electron chi connectivity index (χ4n) is 2.34. The molecule has 0 fully saturated rings. The summed E-state index contributed by atoms with van der Waals surface area (Å²) in [4.78, 5) is 4.16. The Kier molecular flexibility index (Phi) is 5.75. The Bertz CT molecular complexity index is 940. The Morgan fingerprint density at radius 1 is 1.15 bits per heavy atom. The van der Waals surface area contributed by atoms with Crippen LogP contribution in [0.4, 0.5) is 11.5 Å². The summed E-state index contributed by atoms with van der Waals surface area (Å²) in [6.45, 7) is 0.731. The van der Waals surface area contributed by atoms with Crippen molar-refractivity contribution in [2.24, 2.45) is 0 Å². The molecule has 0 saturated carbocycles. The molecule has 2 aromatic heterocycles. The van der Waals surface area contributed by atoms with Crippen LogP contribution in [0.1, 0.15) is 5.56 Å². The van der Waals surface area contributed by atoms with Gasteiger partial charge in [-0.3, -0.25) is 4.72 Å². The number of aromatic nitrogens is 1. The maximum Gasteiger partial charge on any atom is 0.272 e. The number of ether oxygens (including phenoxy) is 1. The first-order chi connectivity index (χ1) is 12.6. The molecule has 0 unspecified atom stereocenters. The minimum absolute atomic E-state index is 0.264. The van der Waals surface area contributed by atoms with Gasteiger partial charge in [-0.15, -0.1) is 11.3 Å². The third-order valence-electron chi connectivity index (χ3n) is 3.64. The largest absolute Gasteiger partial charge is 0.497 e. The Morgan fingerprint density at radius 2 is 2.04 bits per heavy atom. The Morgan fingerprint density at radius 3 is 2.73 bits per heavy atom. The van der Waals surface area contributed by atoms with Crippen LogP contribution < -0.4 is 14.8 Å². The van der Waals surface area contributed by atoms with Gasteiger partial charge >= 0.3 is 0 Å². The summed E-state index contributed by atoms with van der Waals surface area (Å²) in [7, 11) is -1.92. The lowest BCUT2D eigenvalue weighted by Gasteiger charge is -2.09. The summed E-state index contributed by atoms with van der Waals surface area (Å²) in [6, 6.07) is 14.6. The van der Waals surface area contributed by atoms with Gasteiger partial charge in [0.15, 0.2) is 0 Å². The predicted molar refractivity (Wildman–Crippen MR) is 105 cm³/mol. The van der Waals surface area contributed by atoms with Crippen LogP contribution in [-0.2, 0) is 16.4 Å². The van der Waals surface area contributed by atoms with Crippen molar-refractivity contribution in [3.63, 3.8) is 0 Å². The number of sulfonamides is 1. The smallest absolute Gasteiger partial charge is 0.272 e. The predicted octanol–water partition coefficient (Wildman–Crippen LogP) is 3.61. The second-order valence-electron chi connectivity index (χ2n) is 5.50. The number of nitrogens with one attached hydrogen (secondary N) is 2. The van der Waals surface area contributed by atoms with E-state index >= 15 is 0 Å². The highest BCUT2D eigenvalue weighted by molar-refractivity contribution is 7.94. The van der Waals surface area contributed by atoms with E-state index in [1.807, 2.05) is 24.3 Å². The third kappa shape index (κ3) is 4.74. The summed E-state index contributed by atoms with van der Waals surface area (Å²) in [5.74, 6) is 1.13. The third-order valence-corrected chi connectivity index (χ3v) is 6.39. The van der Waals surface area contributed by atoms with Gasteiger partial charge in [0.1, 0.15) is 15.8 Å². The van der Waals surface area contributed by atoms with E-state index in [1.165, 1.54) is 5.56 Å².